The predicted molar refractivity (Wildman–Crippen MR) is 149 cm³/mol. The zero-order valence-electron chi connectivity index (χ0n) is 22.2. The molecule has 2 aliphatic rings. The molecule has 0 radical (unpaired) electrons. The van der Waals surface area contributed by atoms with Crippen LogP contribution in [0, 0.1) is 0 Å². The van der Waals surface area contributed by atoms with Crippen LogP contribution in [0.5, 0.6) is 0 Å². The Morgan fingerprint density at radius 2 is 2.03 bits per heavy atom. The lowest BCUT2D eigenvalue weighted by Gasteiger charge is -2.26. The number of aromatic nitrogens is 1. The fourth-order valence-electron chi connectivity index (χ4n) is 4.82. The Morgan fingerprint density at radius 3 is 2.71 bits per heavy atom. The highest BCUT2D eigenvalue weighted by atomic mass is 16.6. The number of anilines is 1. The number of aliphatic imine (C=N–C) groups is 1. The molecule has 0 bridgehead atoms. The summed E-state index contributed by atoms with van der Waals surface area (Å²) in [4.78, 5) is 37.4. The number of nitrogens with two attached hydrogens (primary N) is 1. The van der Waals surface area contributed by atoms with Gasteiger partial charge in [0.05, 0.1) is 6.61 Å². The van der Waals surface area contributed by atoms with Gasteiger partial charge in [-0.2, -0.15) is 4.99 Å². The normalized spacial score (nSPS) is 18.2. The quantitative estimate of drug-likeness (QED) is 0.359. The Labute approximate surface area is 224 Å². The van der Waals surface area contributed by atoms with Crippen molar-refractivity contribution in [1.82, 2.24) is 20.1 Å². The Kier molecular flexibility index (Phi) is 9.31. The van der Waals surface area contributed by atoms with E-state index in [4.69, 9.17) is 10.5 Å². The molecule has 38 heavy (non-hydrogen) atoms. The van der Waals surface area contributed by atoms with Crippen LogP contribution in [0.1, 0.15) is 48.5 Å². The number of hydrogen-bond donors (Lipinski definition) is 3. The summed E-state index contributed by atoms with van der Waals surface area (Å²) in [5, 5.41) is 6.08. The molecule has 1 aromatic carbocycles. The molecule has 0 saturated carbocycles. The largest absolute Gasteiger partial charge is 0.450 e. The first-order chi connectivity index (χ1) is 18.4. The topological polar surface area (TPSA) is 125 Å². The lowest BCUT2D eigenvalue weighted by molar-refractivity contribution is 0.0950. The SMILES string of the molecule is CCOC(=O)N1CC=C(c2cccnc2N=C(N)Nc2ccc(C(=O)NCCC3CCCN3C)cc2)CC1. The Morgan fingerprint density at radius 1 is 1.21 bits per heavy atom. The van der Waals surface area contributed by atoms with Crippen molar-refractivity contribution < 1.29 is 14.3 Å². The van der Waals surface area contributed by atoms with Crippen LogP contribution in [0.4, 0.5) is 16.3 Å². The minimum atomic E-state index is -0.305. The van der Waals surface area contributed by atoms with E-state index in [0.717, 1.165) is 29.8 Å². The predicted octanol–water partition coefficient (Wildman–Crippen LogP) is 3.60. The van der Waals surface area contributed by atoms with Crippen LogP contribution in [0.3, 0.4) is 0 Å². The van der Waals surface area contributed by atoms with Crippen LogP contribution in [-0.4, -0.2) is 78.6 Å². The Balaban J connectivity index is 1.34. The molecule has 10 heteroatoms. The number of nitrogens with one attached hydrogen (secondary N) is 2. The van der Waals surface area contributed by atoms with Gasteiger partial charge in [-0.05, 0) is 88.2 Å². The second kappa shape index (κ2) is 13.0. The summed E-state index contributed by atoms with van der Waals surface area (Å²) in [6.45, 7) is 4.98. The monoisotopic (exact) mass is 519 g/mol. The molecule has 1 unspecified atom stereocenters. The lowest BCUT2D eigenvalue weighted by atomic mass is 10.0. The number of pyridine rings is 1. The molecule has 4 rings (SSSR count). The van der Waals surface area contributed by atoms with E-state index in [2.05, 4.69) is 32.6 Å². The van der Waals surface area contributed by atoms with E-state index < -0.39 is 0 Å². The van der Waals surface area contributed by atoms with Gasteiger partial charge in [0.15, 0.2) is 11.8 Å². The van der Waals surface area contributed by atoms with Gasteiger partial charge in [0.2, 0.25) is 0 Å². The highest BCUT2D eigenvalue weighted by Crippen LogP contribution is 2.29. The van der Waals surface area contributed by atoms with Crippen LogP contribution < -0.4 is 16.4 Å². The molecule has 2 aliphatic heterocycles. The summed E-state index contributed by atoms with van der Waals surface area (Å²) in [6.07, 6.45) is 7.41. The molecule has 1 fully saturated rings. The van der Waals surface area contributed by atoms with Crippen LogP contribution in [0.15, 0.2) is 53.7 Å². The number of ether oxygens (including phenoxy) is 1. The first-order valence-corrected chi connectivity index (χ1v) is 13.2. The summed E-state index contributed by atoms with van der Waals surface area (Å²) < 4.78 is 5.09. The van der Waals surface area contributed by atoms with Crippen molar-refractivity contribution in [3.8, 4) is 0 Å². The van der Waals surface area contributed by atoms with Gasteiger partial charge >= 0.3 is 6.09 Å². The van der Waals surface area contributed by atoms with Gasteiger partial charge in [0.25, 0.3) is 5.91 Å². The first-order valence-electron chi connectivity index (χ1n) is 13.2. The summed E-state index contributed by atoms with van der Waals surface area (Å²) in [6, 6.07) is 11.5. The molecule has 2 aromatic rings. The fraction of sp³-hybridized carbons (Fsp3) is 0.429. The van der Waals surface area contributed by atoms with E-state index in [-0.39, 0.29) is 18.0 Å². The number of nitrogens with zero attached hydrogens (tertiary/aromatic N) is 4. The van der Waals surface area contributed by atoms with Gasteiger partial charge in [-0.3, -0.25) is 4.79 Å². The third kappa shape index (κ3) is 7.10. The average molecular weight is 520 g/mol. The number of benzene rings is 1. The smallest absolute Gasteiger partial charge is 0.410 e. The number of rotatable bonds is 8. The van der Waals surface area contributed by atoms with Crippen LogP contribution in [-0.2, 0) is 4.74 Å². The van der Waals surface area contributed by atoms with Crippen molar-refractivity contribution in [2.24, 2.45) is 10.7 Å². The highest BCUT2D eigenvalue weighted by Gasteiger charge is 2.21. The maximum atomic E-state index is 12.5. The van der Waals surface area contributed by atoms with E-state index >= 15 is 0 Å². The summed E-state index contributed by atoms with van der Waals surface area (Å²) in [5.74, 6) is 0.601. The van der Waals surface area contributed by atoms with Crippen molar-refractivity contribution in [1.29, 1.82) is 0 Å². The van der Waals surface area contributed by atoms with Crippen LogP contribution >= 0.6 is 0 Å². The third-order valence-electron chi connectivity index (χ3n) is 6.95. The molecule has 0 spiro atoms. The number of hydrogen-bond acceptors (Lipinski definition) is 6. The summed E-state index contributed by atoms with van der Waals surface area (Å²) in [7, 11) is 2.14. The molecule has 1 atom stereocenters. The van der Waals surface area contributed by atoms with E-state index in [9.17, 15) is 9.59 Å². The van der Waals surface area contributed by atoms with Crippen molar-refractivity contribution in [2.45, 2.75) is 38.6 Å². The van der Waals surface area contributed by atoms with Crippen molar-refractivity contribution >= 4 is 35.0 Å². The van der Waals surface area contributed by atoms with E-state index in [0.29, 0.717) is 50.1 Å². The van der Waals surface area contributed by atoms with Gasteiger partial charge in [-0.25, -0.2) is 9.78 Å². The zero-order valence-corrected chi connectivity index (χ0v) is 22.2. The second-order valence-corrected chi connectivity index (χ2v) is 9.52. The molecule has 202 valence electrons. The molecule has 1 saturated heterocycles. The van der Waals surface area contributed by atoms with Crippen molar-refractivity contribution in [2.75, 3.05) is 45.2 Å². The maximum Gasteiger partial charge on any atom is 0.410 e. The summed E-state index contributed by atoms with van der Waals surface area (Å²) >= 11 is 0. The van der Waals surface area contributed by atoms with Gasteiger partial charge < -0.3 is 30.9 Å². The number of guanidine groups is 1. The number of carbonyl (C=O) groups excluding carboxylic acids is 2. The zero-order chi connectivity index (χ0) is 26.9. The second-order valence-electron chi connectivity index (χ2n) is 9.52. The highest BCUT2D eigenvalue weighted by molar-refractivity contribution is 5.97. The minimum Gasteiger partial charge on any atom is -0.450 e. The lowest BCUT2D eigenvalue weighted by Crippen LogP contribution is -2.35. The number of amides is 2. The van der Waals surface area contributed by atoms with Gasteiger partial charge in [0, 0.05) is 48.7 Å². The van der Waals surface area contributed by atoms with Crippen molar-refractivity contribution in [3.05, 3.63) is 59.8 Å². The van der Waals surface area contributed by atoms with E-state index in [1.807, 2.05) is 18.2 Å². The van der Waals surface area contributed by atoms with Crippen LogP contribution in [0.2, 0.25) is 0 Å². The standard InChI is InChI=1S/C28H37N7O3/c1-3-38-28(37)35-18-13-20(14-19-35)24-7-4-15-30-25(24)33-27(29)32-22-10-8-21(9-11-22)26(36)31-16-12-23-6-5-17-34(23)2/h4,7-11,13,15,23H,3,5-6,12,14,16-19H2,1-2H3,(H,31,36)(H3,29,30,32,33). The molecular weight excluding hydrogens is 482 g/mol. The average Bonchev–Trinajstić information content (AvgIpc) is 3.34. The molecule has 3 heterocycles. The first kappa shape index (κ1) is 27.1. The number of carbonyl (C=O) groups is 2. The van der Waals surface area contributed by atoms with Gasteiger partial charge in [-0.1, -0.05) is 6.08 Å². The fourth-order valence-corrected chi connectivity index (χ4v) is 4.82. The van der Waals surface area contributed by atoms with E-state index in [1.165, 1.54) is 12.8 Å². The molecule has 0 aliphatic carbocycles. The molecule has 4 N–H and O–H groups in total. The van der Waals surface area contributed by atoms with E-state index in [1.54, 1.807) is 42.3 Å². The Bertz CT molecular complexity index is 1180. The third-order valence-corrected chi connectivity index (χ3v) is 6.95. The van der Waals surface area contributed by atoms with Crippen molar-refractivity contribution in [3.63, 3.8) is 0 Å². The summed E-state index contributed by atoms with van der Waals surface area (Å²) in [5.41, 5.74) is 9.43. The maximum absolute atomic E-state index is 12.5. The van der Waals surface area contributed by atoms with Gasteiger partial charge in [0.1, 0.15) is 0 Å². The molecule has 2 amide bonds. The number of likely N-dealkylation sites (tertiary alicyclic amines) is 1. The van der Waals surface area contributed by atoms with Gasteiger partial charge in [-0.15, -0.1) is 0 Å². The minimum absolute atomic E-state index is 0.0840. The molecule has 1 aromatic heterocycles. The van der Waals surface area contributed by atoms with Crippen LogP contribution in [0.25, 0.3) is 5.57 Å². The Hall–Kier alpha value is -3.92. The molecule has 10 nitrogen and oxygen atoms in total. The molecular formula is C28H37N7O3.